The van der Waals surface area contributed by atoms with Crippen molar-refractivity contribution in [2.45, 2.75) is 92.3 Å². The van der Waals surface area contributed by atoms with Gasteiger partial charge in [0.25, 0.3) is 0 Å². The monoisotopic (exact) mass is 406 g/mol. The Morgan fingerprint density at radius 3 is 1.46 bits per heavy atom. The van der Waals surface area contributed by atoms with Gasteiger partial charge < -0.3 is 9.47 Å². The molecule has 0 rings (SSSR count). The minimum absolute atomic E-state index is 0.0691. The molecule has 2 atom stereocenters. The van der Waals surface area contributed by atoms with Gasteiger partial charge in [0.2, 0.25) is 0 Å². The first-order valence-corrected chi connectivity index (χ1v) is 13.4. The first-order valence-electron chi connectivity index (χ1n) is 11.1. The van der Waals surface area contributed by atoms with Crippen molar-refractivity contribution in [1.29, 1.82) is 0 Å². The minimum Gasteiger partial charge on any atom is -0.352 e. The van der Waals surface area contributed by atoms with E-state index in [1.807, 2.05) is 30.4 Å². The summed E-state index contributed by atoms with van der Waals surface area (Å²) in [7, 11) is 0. The summed E-state index contributed by atoms with van der Waals surface area (Å²) in [5.74, 6) is 6.50. The fourth-order valence-electron chi connectivity index (χ4n) is 2.89. The lowest BCUT2D eigenvalue weighted by atomic mass is 10.0. The van der Waals surface area contributed by atoms with Gasteiger partial charge in [-0.2, -0.15) is 23.5 Å². The smallest absolute Gasteiger partial charge is 0.154 e. The molecule has 4 heteroatoms. The number of ether oxygens (including phenoxy) is 2. The summed E-state index contributed by atoms with van der Waals surface area (Å²) in [6.07, 6.45) is 10.7. The lowest BCUT2D eigenvalue weighted by Crippen LogP contribution is -2.17. The maximum Gasteiger partial charge on any atom is 0.154 e. The molecule has 0 aliphatic carbocycles. The van der Waals surface area contributed by atoms with E-state index in [1.54, 1.807) is 0 Å². The van der Waals surface area contributed by atoms with Crippen LogP contribution in [0.1, 0.15) is 86.0 Å². The molecule has 2 unspecified atom stereocenters. The van der Waals surface area contributed by atoms with Crippen LogP contribution < -0.4 is 0 Å². The first kappa shape index (κ1) is 26.6. The van der Waals surface area contributed by atoms with E-state index in [4.69, 9.17) is 9.47 Å². The molecule has 0 N–H and O–H groups in total. The molecular weight excluding hydrogens is 360 g/mol. The van der Waals surface area contributed by atoms with Gasteiger partial charge in [-0.25, -0.2) is 0 Å². The Kier molecular flexibility index (Phi) is 20.8. The third-order valence-electron chi connectivity index (χ3n) is 4.95. The van der Waals surface area contributed by atoms with Crippen LogP contribution in [0.3, 0.4) is 0 Å². The first-order chi connectivity index (χ1) is 12.7. The molecule has 0 saturated heterocycles. The van der Waals surface area contributed by atoms with Crippen molar-refractivity contribution in [3.05, 3.63) is 0 Å². The highest BCUT2D eigenvalue weighted by Gasteiger charge is 2.08. The maximum absolute atomic E-state index is 5.79. The predicted octanol–water partition coefficient (Wildman–Crippen LogP) is 7.26. The summed E-state index contributed by atoms with van der Waals surface area (Å²) in [5, 5.41) is 0. The van der Waals surface area contributed by atoms with Gasteiger partial charge in [-0.3, -0.25) is 0 Å². The van der Waals surface area contributed by atoms with Crippen LogP contribution in [-0.2, 0) is 9.47 Å². The van der Waals surface area contributed by atoms with E-state index in [-0.39, 0.29) is 6.29 Å². The van der Waals surface area contributed by atoms with E-state index in [2.05, 4.69) is 27.7 Å². The second-order valence-electron chi connectivity index (χ2n) is 7.29. The molecule has 0 saturated carbocycles. The molecule has 0 aliphatic heterocycles. The fraction of sp³-hybridized carbons (Fsp3) is 1.00. The van der Waals surface area contributed by atoms with Crippen LogP contribution in [0, 0.1) is 11.8 Å². The Bertz CT molecular complexity index is 251. The van der Waals surface area contributed by atoms with E-state index < -0.39 is 0 Å². The van der Waals surface area contributed by atoms with Crippen molar-refractivity contribution in [2.24, 2.45) is 11.8 Å². The lowest BCUT2D eigenvalue weighted by molar-refractivity contribution is -0.121. The molecule has 0 radical (unpaired) electrons. The molecule has 0 aromatic carbocycles. The normalized spacial score (nSPS) is 15.1. The lowest BCUT2D eigenvalue weighted by Gasteiger charge is -2.17. The average Bonchev–Trinajstić information content (AvgIpc) is 2.66. The predicted molar refractivity (Wildman–Crippen MR) is 123 cm³/mol. The van der Waals surface area contributed by atoms with Crippen molar-refractivity contribution in [1.82, 2.24) is 0 Å². The van der Waals surface area contributed by atoms with Crippen molar-refractivity contribution in [3.8, 4) is 0 Å². The minimum atomic E-state index is -0.0691. The Hall–Kier alpha value is 0.620. The van der Waals surface area contributed by atoms with Crippen LogP contribution in [0.2, 0.25) is 0 Å². The summed E-state index contributed by atoms with van der Waals surface area (Å²) in [4.78, 5) is 0. The van der Waals surface area contributed by atoms with Crippen LogP contribution >= 0.6 is 23.5 Å². The molecule has 26 heavy (non-hydrogen) atoms. The van der Waals surface area contributed by atoms with E-state index in [9.17, 15) is 0 Å². The number of hydrogen-bond acceptors (Lipinski definition) is 4. The summed E-state index contributed by atoms with van der Waals surface area (Å²) >= 11 is 4.08. The molecule has 0 heterocycles. The topological polar surface area (TPSA) is 18.5 Å². The number of thioether (sulfide) groups is 2. The van der Waals surface area contributed by atoms with Gasteiger partial charge >= 0.3 is 0 Å². The molecular formula is C22H46O2S2. The van der Waals surface area contributed by atoms with E-state index >= 15 is 0 Å². The van der Waals surface area contributed by atoms with Crippen LogP contribution in [-0.4, -0.2) is 42.5 Å². The molecule has 0 bridgehead atoms. The summed E-state index contributed by atoms with van der Waals surface area (Å²) in [5.41, 5.74) is 0. The highest BCUT2D eigenvalue weighted by Crippen LogP contribution is 2.19. The second-order valence-corrected chi connectivity index (χ2v) is 9.59. The standard InChI is InChI=1S/C22H46O2S2/c1-6-10-12-21(8-3)18-25-16-14-23-20(5)24-15-17-26-19-22(9-4)13-11-7-2/h20-22H,6-19H2,1-5H3. The van der Waals surface area contributed by atoms with Gasteiger partial charge in [0.15, 0.2) is 6.29 Å². The molecule has 158 valence electrons. The van der Waals surface area contributed by atoms with Crippen molar-refractivity contribution in [2.75, 3.05) is 36.2 Å². The Balaban J connectivity index is 3.50. The van der Waals surface area contributed by atoms with E-state index in [0.717, 1.165) is 36.6 Å². The highest BCUT2D eigenvalue weighted by molar-refractivity contribution is 7.99. The van der Waals surface area contributed by atoms with E-state index in [1.165, 1.54) is 62.9 Å². The van der Waals surface area contributed by atoms with Gasteiger partial charge in [0, 0.05) is 11.5 Å². The molecule has 2 nitrogen and oxygen atoms in total. The molecule has 0 aromatic rings. The van der Waals surface area contributed by atoms with Crippen molar-refractivity contribution < 1.29 is 9.47 Å². The molecule has 0 spiro atoms. The van der Waals surface area contributed by atoms with Gasteiger partial charge in [-0.15, -0.1) is 0 Å². The quantitative estimate of drug-likeness (QED) is 0.156. The summed E-state index contributed by atoms with van der Waals surface area (Å²) < 4.78 is 11.6. The summed E-state index contributed by atoms with van der Waals surface area (Å²) in [6.45, 7) is 12.8. The maximum atomic E-state index is 5.79. The largest absolute Gasteiger partial charge is 0.352 e. The number of rotatable bonds is 20. The molecule has 0 aliphatic rings. The highest BCUT2D eigenvalue weighted by atomic mass is 32.2. The van der Waals surface area contributed by atoms with Crippen LogP contribution in [0.25, 0.3) is 0 Å². The van der Waals surface area contributed by atoms with Crippen molar-refractivity contribution >= 4 is 23.5 Å². The van der Waals surface area contributed by atoms with Gasteiger partial charge in [0.1, 0.15) is 0 Å². The second kappa shape index (κ2) is 20.4. The number of hydrogen-bond donors (Lipinski definition) is 0. The Morgan fingerprint density at radius 2 is 1.12 bits per heavy atom. The summed E-state index contributed by atoms with van der Waals surface area (Å²) in [6, 6.07) is 0. The van der Waals surface area contributed by atoms with E-state index in [0.29, 0.717) is 0 Å². The van der Waals surface area contributed by atoms with Crippen LogP contribution in [0.15, 0.2) is 0 Å². The van der Waals surface area contributed by atoms with Gasteiger partial charge in [-0.1, -0.05) is 66.2 Å². The average molecular weight is 407 g/mol. The van der Waals surface area contributed by atoms with Gasteiger partial charge in [-0.05, 0) is 43.1 Å². The molecule has 0 amide bonds. The van der Waals surface area contributed by atoms with Crippen LogP contribution in [0.5, 0.6) is 0 Å². The third kappa shape index (κ3) is 16.8. The zero-order valence-electron chi connectivity index (χ0n) is 18.3. The molecule has 0 aromatic heterocycles. The third-order valence-corrected chi connectivity index (χ3v) is 7.28. The molecule has 0 fully saturated rings. The van der Waals surface area contributed by atoms with Gasteiger partial charge in [0.05, 0.1) is 13.2 Å². The Labute approximate surface area is 173 Å². The number of unbranched alkanes of at least 4 members (excludes halogenated alkanes) is 2. The zero-order valence-corrected chi connectivity index (χ0v) is 19.9. The zero-order chi connectivity index (χ0) is 19.5. The SMILES string of the molecule is CCCCC(CC)CSCCOC(C)OCCSCC(CC)CCCC. The Morgan fingerprint density at radius 1 is 0.692 bits per heavy atom. The van der Waals surface area contributed by atoms with Crippen molar-refractivity contribution in [3.63, 3.8) is 0 Å². The van der Waals surface area contributed by atoms with Crippen LogP contribution in [0.4, 0.5) is 0 Å². The fourth-order valence-corrected chi connectivity index (χ4v) is 5.12.